The Bertz CT molecular complexity index is 743. The molecule has 0 aliphatic heterocycles. The van der Waals surface area contributed by atoms with Crippen LogP contribution in [0.4, 0.5) is 19.0 Å². The van der Waals surface area contributed by atoms with Gasteiger partial charge in [0.1, 0.15) is 18.2 Å². The molecule has 0 radical (unpaired) electrons. The Labute approximate surface area is 150 Å². The van der Waals surface area contributed by atoms with Crippen molar-refractivity contribution in [3.05, 3.63) is 17.0 Å². The van der Waals surface area contributed by atoms with E-state index in [1.54, 1.807) is 6.92 Å². The van der Waals surface area contributed by atoms with E-state index in [4.69, 9.17) is 16.3 Å². The van der Waals surface area contributed by atoms with E-state index in [2.05, 4.69) is 34.9 Å². The Morgan fingerprint density at radius 2 is 1.96 bits per heavy atom. The molecule has 25 heavy (non-hydrogen) atoms. The van der Waals surface area contributed by atoms with Crippen LogP contribution >= 0.6 is 11.6 Å². The van der Waals surface area contributed by atoms with Crippen LogP contribution in [0.3, 0.4) is 0 Å². The monoisotopic (exact) mass is 394 g/mol. The zero-order valence-electron chi connectivity index (χ0n) is 14.7. The van der Waals surface area contributed by atoms with Gasteiger partial charge >= 0.3 is 6.18 Å². The van der Waals surface area contributed by atoms with E-state index in [9.17, 15) is 13.2 Å². The van der Waals surface area contributed by atoms with Crippen LogP contribution in [0.1, 0.15) is 12.5 Å². The van der Waals surface area contributed by atoms with Gasteiger partial charge in [-0.2, -0.15) is 18.2 Å². The van der Waals surface area contributed by atoms with Crippen LogP contribution in [0.5, 0.6) is 0 Å². The molecule has 2 aromatic heterocycles. The van der Waals surface area contributed by atoms with Crippen LogP contribution in [0, 0.1) is 0 Å². The number of anilines is 1. The van der Waals surface area contributed by atoms with Gasteiger partial charge in [0.25, 0.3) is 0 Å². The molecule has 0 saturated carbocycles. The first-order chi connectivity index (χ1) is 11.5. The van der Waals surface area contributed by atoms with E-state index in [1.165, 1.54) is 4.57 Å². The predicted octanol–water partition coefficient (Wildman–Crippen LogP) is 4.85. The Balaban J connectivity index is 2.40. The van der Waals surface area contributed by atoms with Gasteiger partial charge < -0.3 is 14.6 Å². The molecule has 0 amide bonds. The average Bonchev–Trinajstić information content (AvgIpc) is 2.82. The number of alkyl halides is 3. The zero-order chi connectivity index (χ0) is 18.8. The van der Waals surface area contributed by atoms with Crippen molar-refractivity contribution in [3.63, 3.8) is 0 Å². The van der Waals surface area contributed by atoms with Gasteiger partial charge in [-0.05, 0) is 24.6 Å². The van der Waals surface area contributed by atoms with Gasteiger partial charge in [0.15, 0.2) is 0 Å². The number of ether oxygens (including phenoxy) is 1. The lowest BCUT2D eigenvalue weighted by molar-refractivity contribution is -0.136. The number of hydrogen-bond donors (Lipinski definition) is 1. The maximum Gasteiger partial charge on any atom is 0.418 e. The Morgan fingerprint density at radius 1 is 1.28 bits per heavy atom. The predicted molar refractivity (Wildman–Crippen MR) is 95.8 cm³/mol. The van der Waals surface area contributed by atoms with Gasteiger partial charge in [0, 0.05) is 27.4 Å². The lowest BCUT2D eigenvalue weighted by Gasteiger charge is -2.15. The molecule has 2 rings (SSSR count). The molecule has 0 fully saturated rings. The van der Waals surface area contributed by atoms with Crippen molar-refractivity contribution in [1.82, 2.24) is 14.5 Å². The zero-order valence-corrected chi connectivity index (χ0v) is 16.4. The summed E-state index contributed by atoms with van der Waals surface area (Å²) in [6.45, 7) is 9.28. The number of fused-ring (bicyclic) bond motifs is 1. The average molecular weight is 395 g/mol. The SMILES string of the molecule is CCNc1nc(Cl)nc2c1c(C(F)(F)F)cn2COCC[Si](C)(C)C. The number of nitrogens with zero attached hydrogens (tertiary/aromatic N) is 3. The van der Waals surface area contributed by atoms with E-state index in [1.807, 2.05) is 0 Å². The number of nitrogens with one attached hydrogen (secondary N) is 1. The summed E-state index contributed by atoms with van der Waals surface area (Å²) in [6, 6.07) is 0.927. The highest BCUT2D eigenvalue weighted by Gasteiger charge is 2.36. The van der Waals surface area contributed by atoms with Gasteiger partial charge in [0.05, 0.1) is 10.9 Å². The molecule has 0 aliphatic rings. The second-order valence-electron chi connectivity index (χ2n) is 6.93. The minimum Gasteiger partial charge on any atom is -0.370 e. The standard InChI is InChI=1S/C15H22ClF3N4OSi/c1-5-20-12-11-10(15(17,18)19)8-23(13(11)22-14(16)21-12)9-24-6-7-25(2,3)4/h8H,5-7,9H2,1-4H3,(H,20,21,22). The lowest BCUT2D eigenvalue weighted by Crippen LogP contribution is -2.22. The molecule has 0 aliphatic carbocycles. The smallest absolute Gasteiger partial charge is 0.370 e. The van der Waals surface area contributed by atoms with E-state index < -0.39 is 19.8 Å². The highest BCUT2D eigenvalue weighted by molar-refractivity contribution is 6.76. The molecule has 0 spiro atoms. The number of rotatable bonds is 7. The van der Waals surface area contributed by atoms with Crippen molar-refractivity contribution in [2.75, 3.05) is 18.5 Å². The summed E-state index contributed by atoms with van der Waals surface area (Å²) in [5, 5.41) is 2.62. The topological polar surface area (TPSA) is 52.0 Å². The summed E-state index contributed by atoms with van der Waals surface area (Å²) in [4.78, 5) is 7.89. The summed E-state index contributed by atoms with van der Waals surface area (Å²) >= 11 is 5.88. The van der Waals surface area contributed by atoms with Crippen LogP contribution in [0.2, 0.25) is 31.0 Å². The second kappa shape index (κ2) is 7.51. The summed E-state index contributed by atoms with van der Waals surface area (Å²) in [6.07, 6.45) is -3.52. The molecule has 2 heterocycles. The maximum absolute atomic E-state index is 13.4. The fourth-order valence-electron chi connectivity index (χ4n) is 2.31. The Kier molecular flexibility index (Phi) is 6.00. The van der Waals surface area contributed by atoms with Crippen LogP contribution in [-0.2, 0) is 17.6 Å². The van der Waals surface area contributed by atoms with Gasteiger partial charge in [-0.15, -0.1) is 0 Å². The van der Waals surface area contributed by atoms with Crippen molar-refractivity contribution in [2.45, 2.75) is 45.5 Å². The summed E-state index contributed by atoms with van der Waals surface area (Å²) in [5.41, 5.74) is -0.694. The number of aromatic nitrogens is 3. The third-order valence-corrected chi connectivity index (χ3v) is 5.44. The summed E-state index contributed by atoms with van der Waals surface area (Å²) < 4.78 is 47.2. The fraction of sp³-hybridized carbons (Fsp3) is 0.600. The minimum absolute atomic E-state index is 0.0179. The van der Waals surface area contributed by atoms with Crippen LogP contribution in [-0.4, -0.2) is 35.8 Å². The van der Waals surface area contributed by atoms with Crippen molar-refractivity contribution in [1.29, 1.82) is 0 Å². The van der Waals surface area contributed by atoms with Crippen molar-refractivity contribution in [3.8, 4) is 0 Å². The first-order valence-corrected chi connectivity index (χ1v) is 12.1. The van der Waals surface area contributed by atoms with Crippen molar-refractivity contribution < 1.29 is 17.9 Å². The van der Waals surface area contributed by atoms with Crippen LogP contribution in [0.15, 0.2) is 6.20 Å². The molecular weight excluding hydrogens is 373 g/mol. The fourth-order valence-corrected chi connectivity index (χ4v) is 3.23. The third-order valence-electron chi connectivity index (χ3n) is 3.57. The van der Waals surface area contributed by atoms with E-state index in [0.29, 0.717) is 13.2 Å². The molecule has 140 valence electrons. The molecule has 0 atom stereocenters. The molecule has 2 aromatic rings. The molecule has 10 heteroatoms. The van der Waals surface area contributed by atoms with Gasteiger partial charge in [0.2, 0.25) is 5.28 Å². The first-order valence-electron chi connectivity index (χ1n) is 7.98. The maximum atomic E-state index is 13.4. The quantitative estimate of drug-likeness (QED) is 0.414. The van der Waals surface area contributed by atoms with Crippen molar-refractivity contribution >= 4 is 36.5 Å². The summed E-state index contributed by atoms with van der Waals surface area (Å²) in [7, 11) is -1.27. The molecule has 0 unspecified atom stereocenters. The van der Waals surface area contributed by atoms with E-state index in [0.717, 1.165) is 12.2 Å². The Hall–Kier alpha value is -1.32. The molecule has 1 N–H and O–H groups in total. The molecular formula is C15H22ClF3N4OSi. The number of halogens is 4. The van der Waals surface area contributed by atoms with Crippen LogP contribution in [0.25, 0.3) is 11.0 Å². The number of hydrogen-bond acceptors (Lipinski definition) is 4. The third kappa shape index (κ3) is 5.08. The highest BCUT2D eigenvalue weighted by Crippen LogP contribution is 2.38. The highest BCUT2D eigenvalue weighted by atomic mass is 35.5. The largest absolute Gasteiger partial charge is 0.418 e. The molecule has 5 nitrogen and oxygen atoms in total. The molecule has 0 saturated heterocycles. The van der Waals surface area contributed by atoms with Gasteiger partial charge in [-0.25, -0.2) is 4.98 Å². The lowest BCUT2D eigenvalue weighted by atomic mass is 10.2. The normalized spacial score (nSPS) is 12.8. The minimum atomic E-state index is -4.52. The molecule has 0 aromatic carbocycles. The van der Waals surface area contributed by atoms with Crippen molar-refractivity contribution in [2.24, 2.45) is 0 Å². The second-order valence-corrected chi connectivity index (χ2v) is 12.9. The molecule has 0 bridgehead atoms. The van der Waals surface area contributed by atoms with Gasteiger partial charge in [-0.1, -0.05) is 19.6 Å². The first kappa shape index (κ1) is 20.0. The van der Waals surface area contributed by atoms with E-state index >= 15 is 0 Å². The van der Waals surface area contributed by atoms with Crippen LogP contribution < -0.4 is 5.32 Å². The van der Waals surface area contributed by atoms with Gasteiger partial charge in [-0.3, -0.25) is 0 Å². The van der Waals surface area contributed by atoms with E-state index in [-0.39, 0.29) is 28.9 Å². The Morgan fingerprint density at radius 3 is 2.52 bits per heavy atom. The summed E-state index contributed by atoms with van der Waals surface area (Å²) in [5.74, 6) is 0.0747.